The lowest BCUT2D eigenvalue weighted by molar-refractivity contribution is 0.00752. The predicted molar refractivity (Wildman–Crippen MR) is 138 cm³/mol. The first-order chi connectivity index (χ1) is 15.0. The van der Waals surface area contributed by atoms with Crippen LogP contribution in [0.2, 0.25) is 0 Å². The van der Waals surface area contributed by atoms with Gasteiger partial charge in [0.25, 0.3) is 0 Å². The van der Waals surface area contributed by atoms with Crippen LogP contribution in [0.5, 0.6) is 0 Å². The van der Waals surface area contributed by atoms with Crippen LogP contribution in [0.4, 0.5) is 4.39 Å². The Balaban J connectivity index is 0.00000363. The Morgan fingerprint density at radius 3 is 2.59 bits per heavy atom. The van der Waals surface area contributed by atoms with E-state index in [-0.39, 0.29) is 29.8 Å². The van der Waals surface area contributed by atoms with E-state index in [4.69, 9.17) is 4.74 Å². The number of hydrogen-bond acceptors (Lipinski definition) is 4. The van der Waals surface area contributed by atoms with Crippen molar-refractivity contribution in [2.75, 3.05) is 39.4 Å². The lowest BCUT2D eigenvalue weighted by Gasteiger charge is -2.37. The molecule has 0 saturated carbocycles. The zero-order valence-electron chi connectivity index (χ0n) is 19.5. The van der Waals surface area contributed by atoms with Gasteiger partial charge in [-0.15, -0.1) is 24.0 Å². The van der Waals surface area contributed by atoms with Crippen LogP contribution >= 0.6 is 24.0 Å². The number of benzene rings is 1. The highest BCUT2D eigenvalue weighted by molar-refractivity contribution is 14.0. The zero-order valence-corrected chi connectivity index (χ0v) is 21.8. The Bertz CT molecular complexity index is 866. The molecule has 1 atom stereocenters. The van der Waals surface area contributed by atoms with E-state index in [1.165, 1.54) is 0 Å². The molecule has 1 saturated heterocycles. The van der Waals surface area contributed by atoms with E-state index in [9.17, 15) is 4.39 Å². The number of rotatable bonds is 8. The maximum absolute atomic E-state index is 14.7. The van der Waals surface area contributed by atoms with Crippen LogP contribution in [0.15, 0.2) is 35.6 Å². The van der Waals surface area contributed by atoms with Crippen LogP contribution in [-0.2, 0) is 11.3 Å². The fourth-order valence-electron chi connectivity index (χ4n) is 3.89. The minimum absolute atomic E-state index is 0. The molecule has 7 nitrogen and oxygen atoms in total. The normalized spacial score (nSPS) is 16.0. The third-order valence-corrected chi connectivity index (χ3v) is 5.62. The molecule has 1 fully saturated rings. The summed E-state index contributed by atoms with van der Waals surface area (Å²) in [5.74, 6) is 1.74. The number of nitrogens with one attached hydrogen (secondary N) is 2. The molecule has 0 bridgehead atoms. The maximum atomic E-state index is 14.7. The highest BCUT2D eigenvalue weighted by Gasteiger charge is 2.23. The Morgan fingerprint density at radius 2 is 2.00 bits per heavy atom. The first-order valence-corrected chi connectivity index (χ1v) is 11.1. The van der Waals surface area contributed by atoms with Crippen molar-refractivity contribution >= 4 is 29.9 Å². The molecule has 32 heavy (non-hydrogen) atoms. The van der Waals surface area contributed by atoms with Gasteiger partial charge in [0.05, 0.1) is 25.4 Å². The molecular formula is C23H36FIN6O. The smallest absolute Gasteiger partial charge is 0.191 e. The number of aromatic nitrogens is 2. The van der Waals surface area contributed by atoms with Crippen LogP contribution < -0.4 is 10.6 Å². The second-order valence-corrected chi connectivity index (χ2v) is 8.17. The van der Waals surface area contributed by atoms with E-state index >= 15 is 0 Å². The highest BCUT2D eigenvalue weighted by atomic mass is 127. The number of halogens is 2. The molecule has 0 aliphatic carbocycles. The van der Waals surface area contributed by atoms with Gasteiger partial charge in [-0.3, -0.25) is 4.90 Å². The van der Waals surface area contributed by atoms with Gasteiger partial charge < -0.3 is 19.9 Å². The number of nitrogens with zero attached hydrogens (tertiary/aromatic N) is 4. The Hall–Kier alpha value is -1.72. The van der Waals surface area contributed by atoms with Crippen LogP contribution in [-0.4, -0.2) is 65.8 Å². The summed E-state index contributed by atoms with van der Waals surface area (Å²) in [5.41, 5.74) is 1.32. The molecule has 1 aliphatic heterocycles. The van der Waals surface area contributed by atoms with Crippen molar-refractivity contribution in [3.05, 3.63) is 47.8 Å². The summed E-state index contributed by atoms with van der Waals surface area (Å²) in [4.78, 5) is 11.3. The third-order valence-electron chi connectivity index (χ3n) is 5.62. The van der Waals surface area contributed by atoms with E-state index < -0.39 is 0 Å². The fourth-order valence-corrected chi connectivity index (χ4v) is 3.89. The standard InChI is InChI=1S/C23H35FN6O.HI/c1-5-25-23(28-16-22(17(2)3)29-10-12-31-13-11-29)27-15-19-6-7-21(20(24)14-19)30-9-8-26-18(30)4;/h6-9,14,17,22H,5,10-13,15-16H2,1-4H3,(H2,25,27,28);1H. The maximum Gasteiger partial charge on any atom is 0.191 e. The van der Waals surface area contributed by atoms with E-state index in [1.807, 2.05) is 19.9 Å². The molecule has 1 aromatic carbocycles. The topological polar surface area (TPSA) is 66.7 Å². The molecule has 1 unspecified atom stereocenters. The van der Waals surface area contributed by atoms with E-state index in [1.54, 1.807) is 29.1 Å². The second-order valence-electron chi connectivity index (χ2n) is 8.17. The molecule has 2 N–H and O–H groups in total. The summed E-state index contributed by atoms with van der Waals surface area (Å²) in [7, 11) is 0. The van der Waals surface area contributed by atoms with Gasteiger partial charge in [0.1, 0.15) is 11.6 Å². The summed E-state index contributed by atoms with van der Waals surface area (Å²) < 4.78 is 21.9. The third kappa shape index (κ3) is 7.14. The van der Waals surface area contributed by atoms with Gasteiger partial charge in [-0.25, -0.2) is 14.4 Å². The monoisotopic (exact) mass is 558 g/mol. The van der Waals surface area contributed by atoms with Gasteiger partial charge in [0.15, 0.2) is 5.96 Å². The molecule has 3 rings (SSSR count). The summed E-state index contributed by atoms with van der Waals surface area (Å²) in [6.07, 6.45) is 3.43. The molecular weight excluding hydrogens is 522 g/mol. The summed E-state index contributed by atoms with van der Waals surface area (Å²) in [6, 6.07) is 5.65. The SMILES string of the molecule is CCNC(=NCc1ccc(-n2ccnc2C)c(F)c1)NCC(C(C)C)N1CCOCC1.I. The molecule has 2 aromatic rings. The van der Waals surface area contributed by atoms with Gasteiger partial charge in [-0.1, -0.05) is 19.9 Å². The van der Waals surface area contributed by atoms with Crippen molar-refractivity contribution in [2.24, 2.45) is 10.9 Å². The Kier molecular flexibility index (Phi) is 10.9. The lowest BCUT2D eigenvalue weighted by atomic mass is 10.0. The largest absolute Gasteiger partial charge is 0.379 e. The first kappa shape index (κ1) is 26.5. The molecule has 9 heteroatoms. The number of aryl methyl sites for hydroxylation is 1. The van der Waals surface area contributed by atoms with E-state index in [2.05, 4.69) is 39.4 Å². The first-order valence-electron chi connectivity index (χ1n) is 11.1. The zero-order chi connectivity index (χ0) is 22.2. The quantitative estimate of drug-likeness (QED) is 0.296. The summed E-state index contributed by atoms with van der Waals surface area (Å²) in [5, 5.41) is 6.77. The molecule has 178 valence electrons. The molecule has 1 aliphatic rings. The fraction of sp³-hybridized carbons (Fsp3) is 0.565. The molecule has 2 heterocycles. The van der Waals surface area contributed by atoms with Crippen molar-refractivity contribution < 1.29 is 9.13 Å². The minimum Gasteiger partial charge on any atom is -0.379 e. The van der Waals surface area contributed by atoms with Crippen molar-refractivity contribution in [3.8, 4) is 5.69 Å². The van der Waals surface area contributed by atoms with Crippen LogP contribution in [0.3, 0.4) is 0 Å². The van der Waals surface area contributed by atoms with Gasteiger partial charge in [0.2, 0.25) is 0 Å². The van der Waals surface area contributed by atoms with E-state index in [0.29, 0.717) is 24.2 Å². The average Bonchev–Trinajstić information content (AvgIpc) is 3.18. The number of hydrogen-bond donors (Lipinski definition) is 2. The number of aliphatic imine (C=N–C) groups is 1. The van der Waals surface area contributed by atoms with Crippen molar-refractivity contribution in [1.29, 1.82) is 0 Å². The average molecular weight is 558 g/mol. The number of imidazole rings is 1. The minimum atomic E-state index is -0.279. The van der Waals surface area contributed by atoms with Gasteiger partial charge in [0, 0.05) is 44.6 Å². The highest BCUT2D eigenvalue weighted by Crippen LogP contribution is 2.17. The molecule has 0 spiro atoms. The van der Waals surface area contributed by atoms with Crippen LogP contribution in [0, 0.1) is 18.7 Å². The van der Waals surface area contributed by atoms with E-state index in [0.717, 1.165) is 56.7 Å². The lowest BCUT2D eigenvalue weighted by Crippen LogP contribution is -2.52. The van der Waals surface area contributed by atoms with Gasteiger partial charge in [-0.2, -0.15) is 0 Å². The van der Waals surface area contributed by atoms with Gasteiger partial charge in [-0.05, 0) is 37.5 Å². The van der Waals surface area contributed by atoms with Crippen molar-refractivity contribution in [3.63, 3.8) is 0 Å². The van der Waals surface area contributed by atoms with Crippen molar-refractivity contribution in [1.82, 2.24) is 25.1 Å². The van der Waals surface area contributed by atoms with Crippen molar-refractivity contribution in [2.45, 2.75) is 40.3 Å². The number of ether oxygens (including phenoxy) is 1. The second kappa shape index (κ2) is 13.1. The Labute approximate surface area is 207 Å². The summed E-state index contributed by atoms with van der Waals surface area (Å²) >= 11 is 0. The van der Waals surface area contributed by atoms with Gasteiger partial charge >= 0.3 is 0 Å². The number of guanidine groups is 1. The van der Waals surface area contributed by atoms with Crippen LogP contribution in [0.25, 0.3) is 5.69 Å². The molecule has 1 aromatic heterocycles. The Morgan fingerprint density at radius 1 is 1.25 bits per heavy atom. The predicted octanol–water partition coefficient (Wildman–Crippen LogP) is 3.35. The summed E-state index contributed by atoms with van der Waals surface area (Å²) in [6.45, 7) is 13.9. The molecule has 0 radical (unpaired) electrons. The molecule has 0 amide bonds. The number of morpholine rings is 1. The van der Waals surface area contributed by atoms with Crippen LogP contribution in [0.1, 0.15) is 32.2 Å².